The summed E-state index contributed by atoms with van der Waals surface area (Å²) >= 11 is 0. The SMILES string of the molecule is CCC/C=C(\CCN)CCC/C=C\CCO. The molecule has 3 N–H and O–H groups in total. The normalized spacial score (nSPS) is 12.6. The van der Waals surface area contributed by atoms with Gasteiger partial charge in [0.25, 0.3) is 0 Å². The molecule has 16 heavy (non-hydrogen) atoms. The first-order valence-corrected chi connectivity index (χ1v) is 6.49. The number of nitrogens with two attached hydrogens (primary N) is 1. The minimum absolute atomic E-state index is 0.255. The molecule has 0 aromatic heterocycles. The van der Waals surface area contributed by atoms with Crippen LogP contribution in [0.4, 0.5) is 0 Å². The molecular weight excluding hydrogens is 198 g/mol. The van der Waals surface area contributed by atoms with Crippen molar-refractivity contribution in [3.05, 3.63) is 23.8 Å². The molecule has 0 saturated carbocycles. The van der Waals surface area contributed by atoms with Crippen LogP contribution in [-0.2, 0) is 0 Å². The number of aliphatic hydroxyl groups excluding tert-OH is 1. The minimum Gasteiger partial charge on any atom is -0.396 e. The van der Waals surface area contributed by atoms with E-state index in [0.29, 0.717) is 0 Å². The maximum Gasteiger partial charge on any atom is 0.0465 e. The molecule has 0 aliphatic carbocycles. The fraction of sp³-hybridized carbons (Fsp3) is 0.714. The van der Waals surface area contributed by atoms with Gasteiger partial charge in [-0.15, -0.1) is 0 Å². The van der Waals surface area contributed by atoms with Gasteiger partial charge in [-0.3, -0.25) is 0 Å². The zero-order valence-electron chi connectivity index (χ0n) is 10.6. The van der Waals surface area contributed by atoms with E-state index in [1.807, 2.05) is 0 Å². The molecule has 0 unspecified atom stereocenters. The number of allylic oxidation sites excluding steroid dienone is 2. The molecule has 2 nitrogen and oxygen atoms in total. The smallest absolute Gasteiger partial charge is 0.0465 e. The Balaban J connectivity index is 3.67. The van der Waals surface area contributed by atoms with Crippen molar-refractivity contribution in [1.82, 2.24) is 0 Å². The van der Waals surface area contributed by atoms with Crippen molar-refractivity contribution in [2.45, 2.75) is 51.9 Å². The molecule has 0 aliphatic heterocycles. The van der Waals surface area contributed by atoms with Crippen molar-refractivity contribution in [1.29, 1.82) is 0 Å². The van der Waals surface area contributed by atoms with Crippen molar-refractivity contribution in [2.24, 2.45) is 5.73 Å². The molecule has 0 heterocycles. The highest BCUT2D eigenvalue weighted by Crippen LogP contribution is 2.13. The first-order valence-electron chi connectivity index (χ1n) is 6.49. The molecule has 0 bridgehead atoms. The Kier molecular flexibility index (Phi) is 12.0. The Labute approximate surface area is 100 Å². The summed E-state index contributed by atoms with van der Waals surface area (Å²) in [5, 5.41) is 8.60. The van der Waals surface area contributed by atoms with E-state index >= 15 is 0 Å². The van der Waals surface area contributed by atoms with Gasteiger partial charge in [0.2, 0.25) is 0 Å². The van der Waals surface area contributed by atoms with E-state index in [0.717, 1.165) is 25.8 Å². The maximum atomic E-state index is 8.60. The quantitative estimate of drug-likeness (QED) is 0.443. The average molecular weight is 225 g/mol. The largest absolute Gasteiger partial charge is 0.396 e. The monoisotopic (exact) mass is 225 g/mol. The van der Waals surface area contributed by atoms with Crippen LogP contribution >= 0.6 is 0 Å². The summed E-state index contributed by atoms with van der Waals surface area (Å²) in [4.78, 5) is 0. The standard InChI is InChI=1S/C14H27NO/c1-2-3-9-14(11-12-15)10-7-5-4-6-8-13-16/h4,6,9,16H,2-3,5,7-8,10-13,15H2,1H3/b6-4-,14-9-. The maximum absolute atomic E-state index is 8.60. The second-order valence-corrected chi connectivity index (χ2v) is 4.07. The van der Waals surface area contributed by atoms with Gasteiger partial charge < -0.3 is 10.8 Å². The number of hydrogen-bond donors (Lipinski definition) is 2. The molecule has 94 valence electrons. The third-order valence-corrected chi connectivity index (χ3v) is 2.52. The van der Waals surface area contributed by atoms with E-state index in [9.17, 15) is 0 Å². The van der Waals surface area contributed by atoms with Gasteiger partial charge in [-0.05, 0) is 45.1 Å². The summed E-state index contributed by atoms with van der Waals surface area (Å²) in [7, 11) is 0. The van der Waals surface area contributed by atoms with Gasteiger partial charge in [0.1, 0.15) is 0 Å². The highest BCUT2D eigenvalue weighted by atomic mass is 16.2. The minimum atomic E-state index is 0.255. The second-order valence-electron chi connectivity index (χ2n) is 4.07. The van der Waals surface area contributed by atoms with Gasteiger partial charge in [-0.1, -0.05) is 37.1 Å². The Morgan fingerprint density at radius 2 is 1.88 bits per heavy atom. The van der Waals surface area contributed by atoms with E-state index in [4.69, 9.17) is 10.8 Å². The molecule has 0 aliphatic rings. The van der Waals surface area contributed by atoms with E-state index in [2.05, 4.69) is 25.2 Å². The van der Waals surface area contributed by atoms with Crippen molar-refractivity contribution >= 4 is 0 Å². The third-order valence-electron chi connectivity index (χ3n) is 2.52. The van der Waals surface area contributed by atoms with Crippen LogP contribution in [0.15, 0.2) is 23.8 Å². The van der Waals surface area contributed by atoms with E-state index in [1.165, 1.54) is 31.3 Å². The van der Waals surface area contributed by atoms with E-state index in [-0.39, 0.29) is 6.61 Å². The van der Waals surface area contributed by atoms with Crippen LogP contribution < -0.4 is 5.73 Å². The van der Waals surface area contributed by atoms with Gasteiger partial charge >= 0.3 is 0 Å². The third kappa shape index (κ3) is 9.94. The van der Waals surface area contributed by atoms with Crippen LogP contribution in [-0.4, -0.2) is 18.3 Å². The molecular formula is C14H27NO. The summed E-state index contributed by atoms with van der Waals surface area (Å²) in [6, 6.07) is 0. The Morgan fingerprint density at radius 3 is 2.50 bits per heavy atom. The lowest BCUT2D eigenvalue weighted by molar-refractivity contribution is 0.302. The fourth-order valence-electron chi connectivity index (χ4n) is 1.62. The van der Waals surface area contributed by atoms with Gasteiger partial charge in [0.15, 0.2) is 0 Å². The molecule has 0 atom stereocenters. The topological polar surface area (TPSA) is 46.2 Å². The van der Waals surface area contributed by atoms with Crippen molar-refractivity contribution in [3.8, 4) is 0 Å². The van der Waals surface area contributed by atoms with Gasteiger partial charge in [0.05, 0.1) is 0 Å². The fourth-order valence-corrected chi connectivity index (χ4v) is 1.62. The van der Waals surface area contributed by atoms with Gasteiger partial charge in [0, 0.05) is 6.61 Å². The van der Waals surface area contributed by atoms with Crippen LogP contribution in [0.25, 0.3) is 0 Å². The highest BCUT2D eigenvalue weighted by Gasteiger charge is 1.95. The number of rotatable bonds is 10. The molecule has 0 radical (unpaired) electrons. The molecule has 0 rings (SSSR count). The van der Waals surface area contributed by atoms with Crippen LogP contribution in [0, 0.1) is 0 Å². The Morgan fingerprint density at radius 1 is 1.12 bits per heavy atom. The predicted octanol–water partition coefficient (Wildman–Crippen LogP) is 3.17. The van der Waals surface area contributed by atoms with Crippen LogP contribution in [0.2, 0.25) is 0 Å². The van der Waals surface area contributed by atoms with Crippen molar-refractivity contribution < 1.29 is 5.11 Å². The summed E-state index contributed by atoms with van der Waals surface area (Å²) in [5.41, 5.74) is 7.10. The summed E-state index contributed by atoms with van der Waals surface area (Å²) in [5.74, 6) is 0. The summed E-state index contributed by atoms with van der Waals surface area (Å²) in [6.07, 6.45) is 14.2. The van der Waals surface area contributed by atoms with Gasteiger partial charge in [-0.2, -0.15) is 0 Å². The van der Waals surface area contributed by atoms with E-state index < -0.39 is 0 Å². The Bertz CT molecular complexity index is 197. The molecule has 0 spiro atoms. The summed E-state index contributed by atoms with van der Waals surface area (Å²) in [6.45, 7) is 3.22. The lowest BCUT2D eigenvalue weighted by Gasteiger charge is -2.05. The van der Waals surface area contributed by atoms with Crippen molar-refractivity contribution in [2.75, 3.05) is 13.2 Å². The average Bonchev–Trinajstić information content (AvgIpc) is 2.30. The molecule has 0 fully saturated rings. The molecule has 2 heteroatoms. The summed E-state index contributed by atoms with van der Waals surface area (Å²) < 4.78 is 0. The van der Waals surface area contributed by atoms with Crippen LogP contribution in [0.5, 0.6) is 0 Å². The highest BCUT2D eigenvalue weighted by molar-refractivity contribution is 5.02. The molecule has 0 aromatic carbocycles. The number of unbranched alkanes of at least 4 members (excludes halogenated alkanes) is 2. The lowest BCUT2D eigenvalue weighted by Crippen LogP contribution is -2.00. The van der Waals surface area contributed by atoms with Crippen LogP contribution in [0.3, 0.4) is 0 Å². The first-order chi connectivity index (χ1) is 7.85. The second kappa shape index (κ2) is 12.5. The van der Waals surface area contributed by atoms with E-state index in [1.54, 1.807) is 0 Å². The zero-order valence-corrected chi connectivity index (χ0v) is 10.6. The van der Waals surface area contributed by atoms with Crippen LogP contribution in [0.1, 0.15) is 51.9 Å². The molecule has 0 aromatic rings. The molecule has 0 saturated heterocycles. The lowest BCUT2D eigenvalue weighted by atomic mass is 10.0. The zero-order chi connectivity index (χ0) is 12.1. The number of aliphatic hydroxyl groups is 1. The first kappa shape index (κ1) is 15.4. The predicted molar refractivity (Wildman–Crippen MR) is 71.4 cm³/mol. The molecule has 0 amide bonds. The van der Waals surface area contributed by atoms with Gasteiger partial charge in [-0.25, -0.2) is 0 Å². The number of hydrogen-bond acceptors (Lipinski definition) is 2. The Hall–Kier alpha value is -0.600. The van der Waals surface area contributed by atoms with Crippen molar-refractivity contribution in [3.63, 3.8) is 0 Å².